The smallest absolute Gasteiger partial charge is 0.356 e. The summed E-state index contributed by atoms with van der Waals surface area (Å²) < 4.78 is 9.98. The highest BCUT2D eigenvalue weighted by atomic mass is 16.5. The van der Waals surface area contributed by atoms with Gasteiger partial charge in [0.15, 0.2) is 5.82 Å². The van der Waals surface area contributed by atoms with E-state index in [2.05, 4.69) is 40.8 Å². The van der Waals surface area contributed by atoms with Crippen molar-refractivity contribution in [3.05, 3.63) is 41.3 Å². The average molecular weight is 332 g/mol. The van der Waals surface area contributed by atoms with Crippen LogP contribution in [-0.4, -0.2) is 39.6 Å². The van der Waals surface area contributed by atoms with Crippen LogP contribution >= 0.6 is 0 Å². The third-order valence-electron chi connectivity index (χ3n) is 3.49. The molecule has 0 unspecified atom stereocenters. The van der Waals surface area contributed by atoms with Crippen LogP contribution in [0.15, 0.2) is 22.7 Å². The first kappa shape index (κ1) is 18.1. The van der Waals surface area contributed by atoms with E-state index in [1.54, 1.807) is 12.1 Å². The Hall–Kier alpha value is -2.28. The Labute approximate surface area is 142 Å². The zero-order valence-corrected chi connectivity index (χ0v) is 14.7. The molecule has 0 saturated carbocycles. The lowest BCUT2D eigenvalue weighted by atomic mass is 10.1. The lowest BCUT2D eigenvalue weighted by Gasteiger charge is -2.18. The topological polar surface area (TPSA) is 81.4 Å². The second-order valence-corrected chi connectivity index (χ2v) is 6.01. The predicted octanol–water partition coefficient (Wildman–Crippen LogP) is 2.47. The van der Waals surface area contributed by atoms with E-state index in [4.69, 9.17) is 9.26 Å². The van der Waals surface area contributed by atoms with Gasteiger partial charge in [-0.3, -0.25) is 4.90 Å². The third-order valence-corrected chi connectivity index (χ3v) is 3.49. The predicted molar refractivity (Wildman–Crippen MR) is 88.2 cm³/mol. The van der Waals surface area contributed by atoms with E-state index in [0.29, 0.717) is 36.4 Å². The maximum absolute atomic E-state index is 11.6. The summed E-state index contributed by atoms with van der Waals surface area (Å²) in [6.45, 7) is 8.25. The monoisotopic (exact) mass is 332 g/mol. The molecule has 2 aromatic heterocycles. The number of esters is 1. The van der Waals surface area contributed by atoms with Crippen molar-refractivity contribution in [3.63, 3.8) is 0 Å². The molecule has 2 rings (SSSR count). The number of pyridine rings is 1. The van der Waals surface area contributed by atoms with Crippen molar-refractivity contribution in [2.45, 2.75) is 40.3 Å². The Morgan fingerprint density at radius 1 is 1.29 bits per heavy atom. The fourth-order valence-corrected chi connectivity index (χ4v) is 2.28. The van der Waals surface area contributed by atoms with Crippen molar-refractivity contribution in [1.82, 2.24) is 20.0 Å². The summed E-state index contributed by atoms with van der Waals surface area (Å²) in [4.78, 5) is 22.5. The van der Waals surface area contributed by atoms with E-state index in [1.807, 2.05) is 6.07 Å². The first-order chi connectivity index (χ1) is 11.5. The molecule has 0 amide bonds. The summed E-state index contributed by atoms with van der Waals surface area (Å²) in [5, 5.41) is 4.04. The molecular formula is C17H24N4O3. The van der Waals surface area contributed by atoms with Gasteiger partial charge in [-0.05, 0) is 24.6 Å². The molecule has 0 spiro atoms. The van der Waals surface area contributed by atoms with E-state index < -0.39 is 5.97 Å². The number of carbonyl (C=O) groups is 1. The molecule has 0 radical (unpaired) electrons. The normalized spacial score (nSPS) is 11.2. The minimum atomic E-state index is -0.434. The van der Waals surface area contributed by atoms with Crippen molar-refractivity contribution in [3.8, 4) is 0 Å². The number of carbonyl (C=O) groups excluding carboxylic acids is 1. The largest absolute Gasteiger partial charge is 0.464 e. The van der Waals surface area contributed by atoms with Crippen LogP contribution in [0.1, 0.15) is 48.7 Å². The molecular weight excluding hydrogens is 308 g/mol. The average Bonchev–Trinajstić information content (AvgIpc) is 2.99. The van der Waals surface area contributed by atoms with Crippen molar-refractivity contribution in [2.24, 2.45) is 5.92 Å². The highest BCUT2D eigenvalue weighted by Gasteiger charge is 2.14. The number of aromatic nitrogens is 3. The number of methoxy groups -OCH3 is 1. The molecule has 0 aliphatic carbocycles. The maximum atomic E-state index is 11.6. The first-order valence-corrected chi connectivity index (χ1v) is 8.09. The SMILES string of the molecule is CCN(Cc1cccc(C(=O)OC)n1)Cc1noc(CC(C)C)n1. The lowest BCUT2D eigenvalue weighted by Crippen LogP contribution is -2.24. The zero-order valence-electron chi connectivity index (χ0n) is 14.7. The number of hydrogen-bond donors (Lipinski definition) is 0. The molecule has 0 aliphatic rings. The Kier molecular flexibility index (Phi) is 6.43. The first-order valence-electron chi connectivity index (χ1n) is 8.09. The third kappa shape index (κ3) is 5.13. The van der Waals surface area contributed by atoms with Crippen LogP contribution < -0.4 is 0 Å². The van der Waals surface area contributed by atoms with Gasteiger partial charge in [0.05, 0.1) is 19.3 Å². The van der Waals surface area contributed by atoms with Crippen LogP contribution in [0.4, 0.5) is 0 Å². The molecule has 0 N–H and O–H groups in total. The van der Waals surface area contributed by atoms with Gasteiger partial charge in [0, 0.05) is 13.0 Å². The van der Waals surface area contributed by atoms with Crippen LogP contribution in [-0.2, 0) is 24.2 Å². The molecule has 2 aromatic rings. The quantitative estimate of drug-likeness (QED) is 0.687. The van der Waals surface area contributed by atoms with Gasteiger partial charge in [0.2, 0.25) is 5.89 Å². The van der Waals surface area contributed by atoms with Crippen LogP contribution in [0, 0.1) is 5.92 Å². The summed E-state index contributed by atoms with van der Waals surface area (Å²) in [5.74, 6) is 1.38. The van der Waals surface area contributed by atoms with Crippen LogP contribution in [0.5, 0.6) is 0 Å². The number of nitrogens with zero attached hydrogens (tertiary/aromatic N) is 4. The van der Waals surface area contributed by atoms with E-state index in [9.17, 15) is 4.79 Å². The van der Waals surface area contributed by atoms with Gasteiger partial charge in [-0.2, -0.15) is 4.98 Å². The highest BCUT2D eigenvalue weighted by Crippen LogP contribution is 2.10. The summed E-state index contributed by atoms with van der Waals surface area (Å²) in [6.07, 6.45) is 0.780. The van der Waals surface area contributed by atoms with Crippen molar-refractivity contribution in [2.75, 3.05) is 13.7 Å². The van der Waals surface area contributed by atoms with E-state index in [-0.39, 0.29) is 0 Å². The van der Waals surface area contributed by atoms with Crippen molar-refractivity contribution >= 4 is 5.97 Å². The number of rotatable bonds is 8. The minimum Gasteiger partial charge on any atom is -0.464 e. The second kappa shape index (κ2) is 8.54. The zero-order chi connectivity index (χ0) is 17.5. The van der Waals surface area contributed by atoms with Gasteiger partial charge in [-0.1, -0.05) is 32.0 Å². The molecule has 2 heterocycles. The van der Waals surface area contributed by atoms with Crippen molar-refractivity contribution < 1.29 is 14.1 Å². The fourth-order valence-electron chi connectivity index (χ4n) is 2.28. The molecule has 0 bridgehead atoms. The molecule has 0 atom stereocenters. The molecule has 130 valence electrons. The van der Waals surface area contributed by atoms with E-state index in [1.165, 1.54) is 7.11 Å². The lowest BCUT2D eigenvalue weighted by molar-refractivity contribution is 0.0593. The van der Waals surface area contributed by atoms with Gasteiger partial charge in [-0.25, -0.2) is 9.78 Å². The molecule has 0 aliphatic heterocycles. The van der Waals surface area contributed by atoms with Gasteiger partial charge in [0.1, 0.15) is 5.69 Å². The van der Waals surface area contributed by atoms with Gasteiger partial charge >= 0.3 is 5.97 Å². The molecule has 7 heteroatoms. The Bertz CT molecular complexity index is 669. The molecule has 24 heavy (non-hydrogen) atoms. The summed E-state index contributed by atoms with van der Waals surface area (Å²) in [7, 11) is 1.35. The Morgan fingerprint density at radius 2 is 2.08 bits per heavy atom. The summed E-state index contributed by atoms with van der Waals surface area (Å²) in [5.41, 5.74) is 1.11. The van der Waals surface area contributed by atoms with Gasteiger partial charge in [-0.15, -0.1) is 0 Å². The summed E-state index contributed by atoms with van der Waals surface area (Å²) >= 11 is 0. The molecule has 0 aromatic carbocycles. The minimum absolute atomic E-state index is 0.310. The van der Waals surface area contributed by atoms with E-state index >= 15 is 0 Å². The standard InChI is InChI=1S/C17H24N4O3/c1-5-21(11-15-19-16(24-20-15)9-12(2)3)10-13-7-6-8-14(18-13)17(22)23-4/h6-8,12H,5,9-11H2,1-4H3. The Morgan fingerprint density at radius 3 is 2.75 bits per heavy atom. The van der Waals surface area contributed by atoms with E-state index in [0.717, 1.165) is 18.7 Å². The molecule has 0 fully saturated rings. The second-order valence-electron chi connectivity index (χ2n) is 6.01. The number of ether oxygens (including phenoxy) is 1. The highest BCUT2D eigenvalue weighted by molar-refractivity contribution is 5.87. The maximum Gasteiger partial charge on any atom is 0.356 e. The van der Waals surface area contributed by atoms with Crippen LogP contribution in [0.2, 0.25) is 0 Å². The molecule has 0 saturated heterocycles. The van der Waals surface area contributed by atoms with Crippen LogP contribution in [0.25, 0.3) is 0 Å². The van der Waals surface area contributed by atoms with Gasteiger partial charge in [0.25, 0.3) is 0 Å². The molecule has 7 nitrogen and oxygen atoms in total. The van der Waals surface area contributed by atoms with Crippen molar-refractivity contribution in [1.29, 1.82) is 0 Å². The van der Waals surface area contributed by atoms with Crippen LogP contribution in [0.3, 0.4) is 0 Å². The van der Waals surface area contributed by atoms with Gasteiger partial charge < -0.3 is 9.26 Å². The fraction of sp³-hybridized carbons (Fsp3) is 0.529. The number of hydrogen-bond acceptors (Lipinski definition) is 7. The summed E-state index contributed by atoms with van der Waals surface area (Å²) in [6, 6.07) is 5.33. The Balaban J connectivity index is 2.01.